The maximum atomic E-state index is 12.9. The number of hydrogen-bond donors (Lipinski definition) is 1. The number of ether oxygens (including phenoxy) is 5. The van der Waals surface area contributed by atoms with E-state index in [2.05, 4.69) is 15.9 Å². The number of benzene rings is 2. The maximum Gasteiger partial charge on any atom is 0.375 e. The van der Waals surface area contributed by atoms with Crippen LogP contribution in [0.1, 0.15) is 57.6 Å². The number of phenolic OH excluding ortho intramolecular Hbond substituents is 1. The summed E-state index contributed by atoms with van der Waals surface area (Å²) in [6, 6.07) is 2.77. The van der Waals surface area contributed by atoms with Crippen LogP contribution in [0.25, 0.3) is 0 Å². The summed E-state index contributed by atoms with van der Waals surface area (Å²) < 4.78 is 29.1. The number of carbonyl (C=O) groups is 3. The second-order valence-electron chi connectivity index (χ2n) is 11.9. The smallest absolute Gasteiger partial charge is 0.375 e. The van der Waals surface area contributed by atoms with Crippen molar-refractivity contribution in [1.82, 2.24) is 9.80 Å². The zero-order chi connectivity index (χ0) is 31.2. The number of hydrogen-bond acceptors (Lipinski definition) is 13. The van der Waals surface area contributed by atoms with Crippen LogP contribution in [0.3, 0.4) is 0 Å². The Morgan fingerprint density at radius 2 is 1.91 bits per heavy atom. The lowest BCUT2D eigenvalue weighted by molar-refractivity contribution is -0.157. The number of cyclic esters (lactones) is 1. The van der Waals surface area contributed by atoms with Crippen LogP contribution >= 0.6 is 11.8 Å². The second-order valence-corrected chi connectivity index (χ2v) is 13.1. The molecule has 44 heavy (non-hydrogen) atoms. The van der Waals surface area contributed by atoms with Crippen molar-refractivity contribution in [3.63, 3.8) is 0 Å². The number of esters is 2. The molecule has 3 unspecified atom stereocenters. The fraction of sp³-hybridized carbons (Fsp3) is 0.484. The van der Waals surface area contributed by atoms with Gasteiger partial charge in [0.1, 0.15) is 17.9 Å². The number of methoxy groups -OCH3 is 1. The van der Waals surface area contributed by atoms with Crippen molar-refractivity contribution in [3.8, 4) is 34.8 Å². The molecular formula is C31H31N3O9S. The molecule has 6 heterocycles. The summed E-state index contributed by atoms with van der Waals surface area (Å²) in [6.07, 6.45) is 0.271. The van der Waals surface area contributed by atoms with Crippen molar-refractivity contribution in [2.45, 2.75) is 56.1 Å². The molecule has 0 amide bonds. The molecule has 2 aromatic rings. The largest absolute Gasteiger partial charge is 0.504 e. The standard InChI is InChI=1S/C31H31N3O9S/c1-13-6-16-7-31(10-32)11-33(4)22(19(16)24(37)25(13)39-5)23-29-21-20(17(34(23)31)8-40-30(38)18(36)9-44-29)28-27(41-12-42-28)14(2)26(21)43-15(3)35/h6,17,22-23,29,37H,7-9,11-12H2,1-5H3/t17-,22-,23?,29+,31?/m0/s1. The number of piperazine rings is 1. The zero-order valence-electron chi connectivity index (χ0n) is 24.9. The minimum Gasteiger partial charge on any atom is -0.504 e. The van der Waals surface area contributed by atoms with Gasteiger partial charge in [-0.25, -0.2) is 4.79 Å². The molecule has 230 valence electrons. The lowest BCUT2D eigenvalue weighted by Gasteiger charge is -2.59. The van der Waals surface area contributed by atoms with Crippen LogP contribution in [0.4, 0.5) is 0 Å². The third-order valence-corrected chi connectivity index (χ3v) is 10.8. The number of likely N-dealkylation sites (N-methyl/N-ethyl adjacent to an activating group) is 1. The molecule has 1 N–H and O–H groups in total. The molecule has 12 nitrogen and oxygen atoms in total. The number of nitrogens with zero attached hydrogens (tertiary/aromatic N) is 3. The van der Waals surface area contributed by atoms with Crippen LogP contribution in [0, 0.1) is 25.2 Å². The highest BCUT2D eigenvalue weighted by Gasteiger charge is 2.63. The van der Waals surface area contributed by atoms with E-state index in [0.717, 1.165) is 11.1 Å². The molecule has 0 aromatic heterocycles. The van der Waals surface area contributed by atoms with Crippen molar-refractivity contribution in [3.05, 3.63) is 39.4 Å². The van der Waals surface area contributed by atoms with Crippen molar-refractivity contribution in [2.24, 2.45) is 0 Å². The molecule has 0 saturated carbocycles. The molecule has 0 aliphatic carbocycles. The van der Waals surface area contributed by atoms with Crippen molar-refractivity contribution < 1.29 is 43.2 Å². The van der Waals surface area contributed by atoms with Gasteiger partial charge in [0.2, 0.25) is 12.6 Å². The number of aromatic hydroxyl groups is 1. The SMILES string of the molecule is COc1c(C)cc2c(c1O)[C@H]1C3[C@@H]4SCC(=O)C(=O)OC[C@@H](c5c6c(c(C)c(OC(C)=O)c54)OCO6)N3C(C#N)(C2)CN1C. The van der Waals surface area contributed by atoms with E-state index in [1.165, 1.54) is 25.8 Å². The third-order valence-electron chi connectivity index (χ3n) is 9.46. The first-order chi connectivity index (χ1) is 21.0. The van der Waals surface area contributed by atoms with Crippen molar-refractivity contribution in [1.29, 1.82) is 5.26 Å². The number of carbonyl (C=O) groups excluding carboxylic acids is 3. The summed E-state index contributed by atoms with van der Waals surface area (Å²) in [5.74, 6) is -0.906. The minimum absolute atomic E-state index is 0.00212. The maximum absolute atomic E-state index is 12.9. The number of nitriles is 1. The van der Waals surface area contributed by atoms with E-state index >= 15 is 0 Å². The fourth-order valence-electron chi connectivity index (χ4n) is 8.00. The predicted molar refractivity (Wildman–Crippen MR) is 155 cm³/mol. The van der Waals surface area contributed by atoms with Crippen LogP contribution < -0.4 is 18.9 Å². The van der Waals surface area contributed by atoms with Crippen molar-refractivity contribution >= 4 is 29.5 Å². The Morgan fingerprint density at radius 1 is 1.16 bits per heavy atom. The lowest BCUT2D eigenvalue weighted by Crippen LogP contribution is -2.69. The van der Waals surface area contributed by atoms with Crippen LogP contribution in [-0.4, -0.2) is 84.1 Å². The molecule has 6 aliphatic heterocycles. The highest BCUT2D eigenvalue weighted by molar-refractivity contribution is 8.00. The topological polar surface area (TPSA) is 148 Å². The molecule has 0 spiro atoms. The Morgan fingerprint density at radius 3 is 2.61 bits per heavy atom. The molecule has 2 aromatic carbocycles. The zero-order valence-corrected chi connectivity index (χ0v) is 25.7. The van der Waals surface area contributed by atoms with Crippen LogP contribution in [0.2, 0.25) is 0 Å². The van der Waals surface area contributed by atoms with E-state index in [1.807, 2.05) is 20.0 Å². The number of phenols is 1. The number of thioether (sulfide) groups is 1. The van der Waals surface area contributed by atoms with Gasteiger partial charge >= 0.3 is 11.9 Å². The van der Waals surface area contributed by atoms with E-state index in [-0.39, 0.29) is 37.1 Å². The highest BCUT2D eigenvalue weighted by atomic mass is 32.2. The van der Waals surface area contributed by atoms with Crippen LogP contribution in [-0.2, 0) is 25.5 Å². The fourth-order valence-corrected chi connectivity index (χ4v) is 9.33. The van der Waals surface area contributed by atoms with Gasteiger partial charge in [-0.2, -0.15) is 5.26 Å². The highest BCUT2D eigenvalue weighted by Crippen LogP contribution is 2.65. The average Bonchev–Trinajstić information content (AvgIpc) is 3.38. The average molecular weight is 622 g/mol. The van der Waals surface area contributed by atoms with Crippen molar-refractivity contribution in [2.75, 3.05) is 39.9 Å². The van der Waals surface area contributed by atoms with Gasteiger partial charge in [0, 0.05) is 48.2 Å². The Hall–Kier alpha value is -3.99. The van der Waals surface area contributed by atoms with E-state index in [0.29, 0.717) is 46.0 Å². The Balaban J connectivity index is 1.59. The molecule has 0 radical (unpaired) electrons. The summed E-state index contributed by atoms with van der Waals surface area (Å²) in [4.78, 5) is 42.4. The summed E-state index contributed by atoms with van der Waals surface area (Å²) in [5.41, 5.74) is 2.82. The van der Waals surface area contributed by atoms with E-state index in [9.17, 15) is 24.8 Å². The molecule has 6 aliphatic rings. The number of Topliss-reactive ketones (excluding diaryl/α,β-unsaturated/α-hetero) is 1. The van der Waals surface area contributed by atoms with Crippen LogP contribution in [0.5, 0.6) is 28.7 Å². The Bertz CT molecular complexity index is 1700. The Labute approximate surface area is 257 Å². The van der Waals surface area contributed by atoms with Gasteiger partial charge in [0.05, 0.1) is 36.3 Å². The van der Waals surface area contributed by atoms with E-state index in [4.69, 9.17) is 23.7 Å². The Kier molecular flexibility index (Phi) is 6.55. The molecule has 2 fully saturated rings. The van der Waals surface area contributed by atoms with E-state index < -0.39 is 46.6 Å². The van der Waals surface area contributed by atoms with Gasteiger partial charge in [-0.3, -0.25) is 19.4 Å². The normalized spacial score (nSPS) is 30.0. The van der Waals surface area contributed by atoms with Gasteiger partial charge in [0.15, 0.2) is 23.0 Å². The minimum atomic E-state index is -1.15. The first kappa shape index (κ1) is 28.8. The van der Waals surface area contributed by atoms with Gasteiger partial charge in [0.25, 0.3) is 0 Å². The second kappa shape index (κ2) is 10.0. The molecule has 8 rings (SSSR count). The van der Waals surface area contributed by atoms with E-state index in [1.54, 1.807) is 6.92 Å². The molecule has 13 heteroatoms. The lowest BCUT2D eigenvalue weighted by atomic mass is 9.76. The predicted octanol–water partition coefficient (Wildman–Crippen LogP) is 2.80. The molecule has 6 atom stereocenters. The summed E-state index contributed by atoms with van der Waals surface area (Å²) in [5, 5.41) is 22.2. The molecule has 2 saturated heterocycles. The summed E-state index contributed by atoms with van der Waals surface area (Å²) >= 11 is 1.22. The number of aryl methyl sites for hydroxylation is 1. The molecular weight excluding hydrogens is 590 g/mol. The van der Waals surface area contributed by atoms with Gasteiger partial charge in [-0.15, -0.1) is 11.8 Å². The number of rotatable bonds is 2. The van der Waals surface area contributed by atoms with Crippen LogP contribution in [0.15, 0.2) is 6.07 Å². The quantitative estimate of drug-likeness (QED) is 0.298. The van der Waals surface area contributed by atoms with Gasteiger partial charge in [-0.1, -0.05) is 6.07 Å². The summed E-state index contributed by atoms with van der Waals surface area (Å²) in [6.45, 7) is 4.94. The third kappa shape index (κ3) is 3.80. The monoisotopic (exact) mass is 621 g/mol. The van der Waals surface area contributed by atoms with Gasteiger partial charge in [-0.05, 0) is 32.0 Å². The summed E-state index contributed by atoms with van der Waals surface area (Å²) in [7, 11) is 3.42. The number of ketones is 1. The number of fused-ring (bicyclic) bond motifs is 6. The first-order valence-corrected chi connectivity index (χ1v) is 15.3. The molecule has 4 bridgehead atoms. The van der Waals surface area contributed by atoms with Gasteiger partial charge < -0.3 is 28.8 Å². The first-order valence-electron chi connectivity index (χ1n) is 14.3.